The average Bonchev–Trinajstić information content (AvgIpc) is 2.48. The van der Waals surface area contributed by atoms with Crippen molar-refractivity contribution in [3.63, 3.8) is 0 Å². The number of nitrogens with zero attached hydrogens (tertiary/aromatic N) is 2. The van der Waals surface area contributed by atoms with Crippen LogP contribution in [0.15, 0.2) is 40.1 Å². The Balaban J connectivity index is 2.28. The highest BCUT2D eigenvalue weighted by Gasteiger charge is 2.15. The number of carbonyl (C=O) groups is 1. The lowest BCUT2D eigenvalue weighted by molar-refractivity contribution is 0.0985. The van der Waals surface area contributed by atoms with Gasteiger partial charge in [0, 0.05) is 24.6 Å². The number of hydrogen-bond donors (Lipinski definition) is 1. The molecule has 0 aromatic carbocycles. The van der Waals surface area contributed by atoms with E-state index in [4.69, 9.17) is 0 Å². The van der Waals surface area contributed by atoms with Gasteiger partial charge in [-0.05, 0) is 45.4 Å². The van der Waals surface area contributed by atoms with Gasteiger partial charge < -0.3 is 5.32 Å². The Morgan fingerprint density at radius 3 is 2.95 bits per heavy atom. The van der Waals surface area contributed by atoms with Gasteiger partial charge in [0.15, 0.2) is 5.78 Å². The summed E-state index contributed by atoms with van der Waals surface area (Å²) in [5.74, 6) is 0.926. The third kappa shape index (κ3) is 4.04. The Hall–Kier alpha value is -1.40. The summed E-state index contributed by atoms with van der Waals surface area (Å²) in [6.07, 6.45) is 3.67. The predicted octanol–water partition coefficient (Wildman–Crippen LogP) is 3.82. The highest BCUT2D eigenvalue weighted by molar-refractivity contribution is 9.10. The molecule has 0 radical (unpaired) electrons. The molecule has 0 unspecified atom stereocenters. The Morgan fingerprint density at radius 2 is 2.24 bits per heavy atom. The minimum absolute atomic E-state index is 0.0150. The molecule has 6 heteroatoms. The van der Waals surface area contributed by atoms with Gasteiger partial charge in [-0.3, -0.25) is 9.78 Å². The van der Waals surface area contributed by atoms with Crippen molar-refractivity contribution in [3.8, 4) is 0 Å². The first-order valence-electron chi connectivity index (χ1n) is 6.59. The molecule has 2 heterocycles. The van der Waals surface area contributed by atoms with Crippen LogP contribution in [-0.4, -0.2) is 28.6 Å². The lowest BCUT2D eigenvalue weighted by Crippen LogP contribution is -2.09. The molecule has 21 heavy (non-hydrogen) atoms. The Bertz CT molecular complexity index is 649. The number of thioether (sulfide) groups is 1. The molecule has 0 saturated heterocycles. The summed E-state index contributed by atoms with van der Waals surface area (Å²) in [4.78, 5) is 21.9. The number of ketones is 1. The molecule has 0 fully saturated rings. The van der Waals surface area contributed by atoms with Crippen molar-refractivity contribution in [2.45, 2.75) is 18.2 Å². The van der Waals surface area contributed by atoms with Gasteiger partial charge in [-0.15, -0.1) is 11.8 Å². The van der Waals surface area contributed by atoms with E-state index in [0.29, 0.717) is 16.7 Å². The van der Waals surface area contributed by atoms with Crippen LogP contribution in [0.25, 0.3) is 0 Å². The molecule has 0 aliphatic rings. The Morgan fingerprint density at radius 1 is 1.43 bits per heavy atom. The zero-order valence-corrected chi connectivity index (χ0v) is 14.3. The van der Waals surface area contributed by atoms with Crippen molar-refractivity contribution in [1.29, 1.82) is 0 Å². The van der Waals surface area contributed by atoms with Crippen molar-refractivity contribution in [1.82, 2.24) is 9.97 Å². The van der Waals surface area contributed by atoms with Crippen LogP contribution in [0.4, 0.5) is 5.69 Å². The second-order valence-electron chi connectivity index (χ2n) is 4.30. The normalized spacial score (nSPS) is 10.4. The topological polar surface area (TPSA) is 54.9 Å². The van der Waals surface area contributed by atoms with Crippen molar-refractivity contribution in [2.24, 2.45) is 0 Å². The molecule has 110 valence electrons. The van der Waals surface area contributed by atoms with Crippen molar-refractivity contribution < 1.29 is 4.79 Å². The number of hydrogen-bond acceptors (Lipinski definition) is 5. The molecule has 2 aromatic rings. The van der Waals surface area contributed by atoms with Gasteiger partial charge in [0.2, 0.25) is 0 Å². The standard InChI is InChI=1S/C15H16BrN3OS/c1-3-21-13-5-4-6-18-15(13)12(20)7-10-8-14(16)19-9-11(10)17-2/h4-6,8-9,17H,3,7H2,1-2H3. The number of aromatic nitrogens is 2. The van der Waals surface area contributed by atoms with E-state index < -0.39 is 0 Å². The summed E-state index contributed by atoms with van der Waals surface area (Å²) in [7, 11) is 1.82. The number of anilines is 1. The minimum atomic E-state index is 0.0150. The summed E-state index contributed by atoms with van der Waals surface area (Å²) in [5.41, 5.74) is 2.30. The molecule has 4 nitrogen and oxygen atoms in total. The summed E-state index contributed by atoms with van der Waals surface area (Å²) in [6.45, 7) is 2.06. The largest absolute Gasteiger partial charge is 0.387 e. The van der Waals surface area contributed by atoms with Gasteiger partial charge in [0.05, 0.1) is 11.9 Å². The molecule has 0 aliphatic heterocycles. The summed E-state index contributed by atoms with van der Waals surface area (Å²) in [6, 6.07) is 5.66. The molecule has 0 saturated carbocycles. The summed E-state index contributed by atoms with van der Waals surface area (Å²) >= 11 is 4.97. The number of carbonyl (C=O) groups excluding carboxylic acids is 1. The summed E-state index contributed by atoms with van der Waals surface area (Å²) in [5, 5.41) is 3.06. The van der Waals surface area contributed by atoms with E-state index in [2.05, 4.69) is 38.1 Å². The fourth-order valence-corrected chi connectivity index (χ4v) is 3.14. The fraction of sp³-hybridized carbons (Fsp3) is 0.267. The number of halogens is 1. The lowest BCUT2D eigenvalue weighted by Gasteiger charge is -2.10. The SMILES string of the molecule is CCSc1cccnc1C(=O)Cc1cc(Br)ncc1NC. The molecule has 2 aromatic heterocycles. The first kappa shape index (κ1) is 16.0. The van der Waals surface area contributed by atoms with E-state index in [9.17, 15) is 4.79 Å². The highest BCUT2D eigenvalue weighted by Crippen LogP contribution is 2.24. The maximum Gasteiger partial charge on any atom is 0.186 e. The average molecular weight is 366 g/mol. The molecule has 1 N–H and O–H groups in total. The van der Waals surface area contributed by atoms with Gasteiger partial charge in [-0.1, -0.05) is 6.92 Å². The van der Waals surface area contributed by atoms with Crippen LogP contribution < -0.4 is 5.32 Å². The van der Waals surface area contributed by atoms with Gasteiger partial charge in [0.25, 0.3) is 0 Å². The molecule has 0 bridgehead atoms. The van der Waals surface area contributed by atoms with Crippen LogP contribution >= 0.6 is 27.7 Å². The van der Waals surface area contributed by atoms with E-state index in [1.54, 1.807) is 24.2 Å². The van der Waals surface area contributed by atoms with Crippen LogP contribution in [0.5, 0.6) is 0 Å². The summed E-state index contributed by atoms with van der Waals surface area (Å²) < 4.78 is 0.716. The zero-order chi connectivity index (χ0) is 15.2. The second-order valence-corrected chi connectivity index (χ2v) is 6.42. The molecule has 2 rings (SSSR count). The quantitative estimate of drug-likeness (QED) is 0.479. The van der Waals surface area contributed by atoms with Crippen LogP contribution in [0.2, 0.25) is 0 Å². The molecule has 0 atom stereocenters. The first-order valence-corrected chi connectivity index (χ1v) is 8.36. The van der Waals surface area contributed by atoms with Gasteiger partial charge in [0.1, 0.15) is 10.3 Å². The van der Waals surface area contributed by atoms with Gasteiger partial charge in [-0.25, -0.2) is 4.98 Å². The first-order chi connectivity index (χ1) is 10.2. The van der Waals surface area contributed by atoms with Crippen molar-refractivity contribution in [2.75, 3.05) is 18.1 Å². The van der Waals surface area contributed by atoms with Gasteiger partial charge >= 0.3 is 0 Å². The molecule has 0 spiro atoms. The smallest absolute Gasteiger partial charge is 0.186 e. The monoisotopic (exact) mass is 365 g/mol. The van der Waals surface area contributed by atoms with Crippen LogP contribution in [-0.2, 0) is 6.42 Å². The van der Waals surface area contributed by atoms with E-state index in [1.807, 2.05) is 25.2 Å². The number of Topliss-reactive ketones (excluding diaryl/α,β-unsaturated/α-hetero) is 1. The number of nitrogens with one attached hydrogen (secondary N) is 1. The molecular weight excluding hydrogens is 350 g/mol. The van der Waals surface area contributed by atoms with Crippen molar-refractivity contribution >= 4 is 39.2 Å². The third-order valence-corrected chi connectivity index (χ3v) is 4.27. The van der Waals surface area contributed by atoms with E-state index in [1.165, 1.54) is 0 Å². The fourth-order valence-electron chi connectivity index (χ4n) is 1.97. The van der Waals surface area contributed by atoms with E-state index >= 15 is 0 Å². The minimum Gasteiger partial charge on any atom is -0.387 e. The van der Waals surface area contributed by atoms with E-state index in [0.717, 1.165) is 21.9 Å². The lowest BCUT2D eigenvalue weighted by atomic mass is 10.1. The highest BCUT2D eigenvalue weighted by atomic mass is 79.9. The van der Waals surface area contributed by atoms with E-state index in [-0.39, 0.29) is 5.78 Å². The molecule has 0 aliphatic carbocycles. The third-order valence-electron chi connectivity index (χ3n) is 2.91. The van der Waals surface area contributed by atoms with Gasteiger partial charge in [-0.2, -0.15) is 0 Å². The van der Waals surface area contributed by atoms with Crippen LogP contribution in [0, 0.1) is 0 Å². The van der Waals surface area contributed by atoms with Crippen LogP contribution in [0.3, 0.4) is 0 Å². The molecular formula is C15H16BrN3OS. The maximum absolute atomic E-state index is 12.5. The Kier molecular flexibility index (Phi) is 5.76. The van der Waals surface area contributed by atoms with Crippen LogP contribution in [0.1, 0.15) is 23.0 Å². The maximum atomic E-state index is 12.5. The zero-order valence-electron chi connectivity index (χ0n) is 11.9. The Labute approximate surface area is 136 Å². The number of pyridine rings is 2. The number of rotatable bonds is 6. The second kappa shape index (κ2) is 7.56. The predicted molar refractivity (Wildman–Crippen MR) is 90.2 cm³/mol. The van der Waals surface area contributed by atoms with Crippen molar-refractivity contribution in [3.05, 3.63) is 46.5 Å². The molecule has 0 amide bonds.